The molecule has 0 aliphatic rings. The second-order valence-electron chi connectivity index (χ2n) is 2.58. The highest BCUT2D eigenvalue weighted by atomic mass is 35.5. The Balaban J connectivity index is 3.32. The fourth-order valence-electron chi connectivity index (χ4n) is 0.931. The molecule has 0 amide bonds. The maximum absolute atomic E-state index is 11.3. The lowest BCUT2D eigenvalue weighted by atomic mass is 10.3. The van der Waals surface area contributed by atoms with Gasteiger partial charge in [-0.15, -0.1) is 0 Å². The molecule has 0 bridgehead atoms. The summed E-state index contributed by atoms with van der Waals surface area (Å²) in [5, 5.41) is 10.2. The summed E-state index contributed by atoms with van der Waals surface area (Å²) in [5.74, 6) is 0. The van der Waals surface area contributed by atoms with E-state index in [9.17, 15) is 18.5 Å². The number of nitro groups is 1. The van der Waals surface area contributed by atoms with Crippen molar-refractivity contribution in [2.24, 2.45) is 0 Å². The molecule has 0 aliphatic heterocycles. The number of hydrogen-bond donors (Lipinski definition) is 1. The predicted molar refractivity (Wildman–Crippen MR) is 54.4 cm³/mol. The molecule has 1 rings (SSSR count). The smallest absolute Gasteiger partial charge is 0.258 e. The summed E-state index contributed by atoms with van der Waals surface area (Å²) < 4.78 is 24.7. The van der Waals surface area contributed by atoms with Gasteiger partial charge in [-0.1, -0.05) is 11.6 Å². The van der Waals surface area contributed by atoms with Crippen LogP contribution in [0.4, 0.5) is 5.69 Å². The van der Waals surface area contributed by atoms with Gasteiger partial charge in [0.2, 0.25) is 10.0 Å². The first-order chi connectivity index (χ1) is 6.88. The minimum atomic E-state index is -3.68. The van der Waals surface area contributed by atoms with Crippen LogP contribution in [0.25, 0.3) is 0 Å². The van der Waals surface area contributed by atoms with Crippen LogP contribution in [0.1, 0.15) is 0 Å². The Morgan fingerprint density at radius 2 is 2.07 bits per heavy atom. The molecule has 0 atom stereocenters. The molecule has 0 radical (unpaired) electrons. The Morgan fingerprint density at radius 1 is 1.47 bits per heavy atom. The Kier molecular flexibility index (Phi) is 3.28. The van der Waals surface area contributed by atoms with Crippen molar-refractivity contribution in [2.75, 3.05) is 7.05 Å². The summed E-state index contributed by atoms with van der Waals surface area (Å²) >= 11 is 5.61. The van der Waals surface area contributed by atoms with Gasteiger partial charge < -0.3 is 0 Å². The average molecular weight is 251 g/mol. The second-order valence-corrected chi connectivity index (χ2v) is 4.84. The Hall–Kier alpha value is -1.18. The third-order valence-corrected chi connectivity index (χ3v) is 3.58. The van der Waals surface area contributed by atoms with E-state index in [0.29, 0.717) is 0 Å². The van der Waals surface area contributed by atoms with Crippen LogP contribution in [-0.4, -0.2) is 20.4 Å². The molecule has 0 unspecified atom stereocenters. The van der Waals surface area contributed by atoms with Crippen LogP contribution < -0.4 is 4.72 Å². The molecule has 0 heterocycles. The number of rotatable bonds is 3. The van der Waals surface area contributed by atoms with E-state index in [1.54, 1.807) is 0 Å². The van der Waals surface area contributed by atoms with Gasteiger partial charge in [-0.2, -0.15) is 0 Å². The van der Waals surface area contributed by atoms with Crippen LogP contribution in [0.3, 0.4) is 0 Å². The third kappa shape index (κ3) is 2.44. The topological polar surface area (TPSA) is 89.3 Å². The van der Waals surface area contributed by atoms with E-state index in [4.69, 9.17) is 11.6 Å². The van der Waals surface area contributed by atoms with Crippen LogP contribution in [0.2, 0.25) is 5.02 Å². The van der Waals surface area contributed by atoms with E-state index in [-0.39, 0.29) is 15.6 Å². The van der Waals surface area contributed by atoms with E-state index >= 15 is 0 Å². The lowest BCUT2D eigenvalue weighted by molar-refractivity contribution is -0.384. The molecule has 1 aromatic rings. The number of halogens is 1. The Labute approximate surface area is 91.1 Å². The van der Waals surface area contributed by atoms with Crippen molar-refractivity contribution >= 4 is 27.3 Å². The molecule has 15 heavy (non-hydrogen) atoms. The predicted octanol–water partition coefficient (Wildman–Crippen LogP) is 1.16. The van der Waals surface area contributed by atoms with E-state index in [0.717, 1.165) is 18.2 Å². The van der Waals surface area contributed by atoms with Crippen molar-refractivity contribution in [1.82, 2.24) is 4.72 Å². The standard InChI is InChI=1S/C7H7ClN2O4S/c1-9-15(13,14)7-3-2-5(10(11)12)4-6(7)8/h2-4,9H,1H3. The van der Waals surface area contributed by atoms with E-state index in [1.165, 1.54) is 7.05 Å². The maximum Gasteiger partial charge on any atom is 0.271 e. The highest BCUT2D eigenvalue weighted by Gasteiger charge is 2.18. The molecular weight excluding hydrogens is 244 g/mol. The van der Waals surface area contributed by atoms with Crippen molar-refractivity contribution in [3.63, 3.8) is 0 Å². The minimum absolute atomic E-state index is 0.182. The number of hydrogen-bond acceptors (Lipinski definition) is 4. The number of nitro benzene ring substituents is 1. The molecule has 0 spiro atoms. The van der Waals surface area contributed by atoms with Gasteiger partial charge in [0, 0.05) is 12.1 Å². The van der Waals surface area contributed by atoms with Crippen molar-refractivity contribution in [1.29, 1.82) is 0 Å². The SMILES string of the molecule is CNS(=O)(=O)c1ccc([N+](=O)[O-])cc1Cl. The molecule has 1 aromatic carbocycles. The average Bonchev–Trinajstić information content (AvgIpc) is 2.17. The fraction of sp³-hybridized carbons (Fsp3) is 0.143. The first kappa shape index (κ1) is 11.9. The van der Waals surface area contributed by atoms with Crippen molar-refractivity contribution < 1.29 is 13.3 Å². The van der Waals surface area contributed by atoms with E-state index in [2.05, 4.69) is 4.72 Å². The molecular formula is C7H7ClN2O4S. The maximum atomic E-state index is 11.3. The molecule has 6 nitrogen and oxygen atoms in total. The number of non-ortho nitro benzene ring substituents is 1. The lowest BCUT2D eigenvalue weighted by Crippen LogP contribution is -2.18. The van der Waals surface area contributed by atoms with E-state index < -0.39 is 14.9 Å². The molecule has 8 heteroatoms. The summed E-state index contributed by atoms with van der Waals surface area (Å²) in [4.78, 5) is 9.53. The monoisotopic (exact) mass is 250 g/mol. The largest absolute Gasteiger partial charge is 0.271 e. The van der Waals surface area contributed by atoms with Gasteiger partial charge in [0.15, 0.2) is 0 Å². The Morgan fingerprint density at radius 3 is 2.47 bits per heavy atom. The molecule has 1 N–H and O–H groups in total. The zero-order chi connectivity index (χ0) is 11.6. The minimum Gasteiger partial charge on any atom is -0.258 e. The van der Waals surface area contributed by atoms with Gasteiger partial charge in [0.05, 0.1) is 9.95 Å². The Bertz CT molecular complexity index is 500. The molecule has 0 saturated carbocycles. The molecule has 0 aromatic heterocycles. The number of sulfonamides is 1. The summed E-state index contributed by atoms with van der Waals surface area (Å²) in [6.45, 7) is 0. The first-order valence-electron chi connectivity index (χ1n) is 3.76. The zero-order valence-electron chi connectivity index (χ0n) is 7.60. The van der Waals surface area contributed by atoms with Gasteiger partial charge in [0.25, 0.3) is 5.69 Å². The van der Waals surface area contributed by atoms with Gasteiger partial charge >= 0.3 is 0 Å². The summed E-state index contributed by atoms with van der Waals surface area (Å²) in [5.41, 5.74) is -0.255. The number of nitrogens with zero attached hydrogens (tertiary/aromatic N) is 1. The van der Waals surface area contributed by atoms with Crippen LogP contribution >= 0.6 is 11.6 Å². The third-order valence-electron chi connectivity index (χ3n) is 1.68. The summed E-state index contributed by atoms with van der Waals surface area (Å²) in [6, 6.07) is 3.16. The molecule has 0 fully saturated rings. The van der Waals surface area contributed by atoms with Gasteiger partial charge in [-0.25, -0.2) is 13.1 Å². The second kappa shape index (κ2) is 4.13. The summed E-state index contributed by atoms with van der Waals surface area (Å²) in [6.07, 6.45) is 0. The van der Waals surface area contributed by atoms with Crippen LogP contribution in [0.5, 0.6) is 0 Å². The van der Waals surface area contributed by atoms with Crippen molar-refractivity contribution in [2.45, 2.75) is 4.90 Å². The molecule has 0 aliphatic carbocycles. The highest BCUT2D eigenvalue weighted by molar-refractivity contribution is 7.89. The van der Waals surface area contributed by atoms with Crippen LogP contribution in [-0.2, 0) is 10.0 Å². The summed E-state index contributed by atoms with van der Waals surface area (Å²) in [7, 11) is -2.45. The fourth-order valence-corrected chi connectivity index (χ4v) is 2.19. The number of benzene rings is 1. The zero-order valence-corrected chi connectivity index (χ0v) is 9.17. The number of nitrogens with one attached hydrogen (secondary N) is 1. The molecule has 0 saturated heterocycles. The molecule has 82 valence electrons. The van der Waals surface area contributed by atoms with Crippen molar-refractivity contribution in [3.05, 3.63) is 33.3 Å². The van der Waals surface area contributed by atoms with Crippen LogP contribution in [0.15, 0.2) is 23.1 Å². The lowest BCUT2D eigenvalue weighted by Gasteiger charge is -2.03. The first-order valence-corrected chi connectivity index (χ1v) is 5.62. The van der Waals surface area contributed by atoms with Gasteiger partial charge in [0.1, 0.15) is 4.90 Å². The highest BCUT2D eigenvalue weighted by Crippen LogP contribution is 2.25. The van der Waals surface area contributed by atoms with Gasteiger partial charge in [-0.3, -0.25) is 10.1 Å². The van der Waals surface area contributed by atoms with Crippen molar-refractivity contribution in [3.8, 4) is 0 Å². The quantitative estimate of drug-likeness (QED) is 0.644. The van der Waals surface area contributed by atoms with Crippen LogP contribution in [0, 0.1) is 10.1 Å². The van der Waals surface area contributed by atoms with E-state index in [1.807, 2.05) is 0 Å². The normalized spacial score (nSPS) is 11.3. The van der Waals surface area contributed by atoms with Gasteiger partial charge in [-0.05, 0) is 13.1 Å².